The van der Waals surface area contributed by atoms with Gasteiger partial charge in [-0.2, -0.15) is 0 Å². The van der Waals surface area contributed by atoms with Crippen LogP contribution in [0.4, 0.5) is 5.69 Å². The van der Waals surface area contributed by atoms with E-state index in [-0.39, 0.29) is 17.4 Å². The van der Waals surface area contributed by atoms with Crippen molar-refractivity contribution in [3.05, 3.63) is 65.2 Å². The lowest BCUT2D eigenvalue weighted by Gasteiger charge is -2.16. The van der Waals surface area contributed by atoms with Crippen molar-refractivity contribution in [2.45, 2.75) is 19.1 Å². The number of benzene rings is 2. The number of amides is 1. The number of nitrogens with zero attached hydrogens (tertiary/aromatic N) is 1. The highest BCUT2D eigenvalue weighted by Crippen LogP contribution is 2.36. The monoisotopic (exact) mass is 366 g/mol. The summed E-state index contributed by atoms with van der Waals surface area (Å²) in [7, 11) is 1.24. The summed E-state index contributed by atoms with van der Waals surface area (Å²) >= 11 is 0. The first-order valence-corrected chi connectivity index (χ1v) is 8.27. The molecular formula is C20H18N2O5. The molecule has 1 amide bonds. The molecule has 0 aromatic heterocycles. The summed E-state index contributed by atoms with van der Waals surface area (Å²) < 4.78 is 4.94. The number of fused-ring (bicyclic) bond motifs is 1. The summed E-state index contributed by atoms with van der Waals surface area (Å²) in [6.45, 7) is 1.44. The molecule has 138 valence electrons. The molecule has 3 rings (SSSR count). The Morgan fingerprint density at radius 2 is 1.85 bits per heavy atom. The fourth-order valence-electron chi connectivity index (χ4n) is 3.01. The van der Waals surface area contributed by atoms with Crippen molar-refractivity contribution >= 4 is 29.1 Å². The van der Waals surface area contributed by atoms with E-state index in [0.29, 0.717) is 22.4 Å². The zero-order valence-corrected chi connectivity index (χ0v) is 14.8. The minimum atomic E-state index is -1.45. The quantitative estimate of drug-likeness (QED) is 0.604. The number of carboxylic acids is 1. The van der Waals surface area contributed by atoms with Gasteiger partial charge in [0.25, 0.3) is 0 Å². The van der Waals surface area contributed by atoms with Crippen molar-refractivity contribution in [1.29, 1.82) is 0 Å². The number of aliphatic imine (C=N–C) groups is 1. The van der Waals surface area contributed by atoms with E-state index in [1.165, 1.54) is 14.0 Å². The second kappa shape index (κ2) is 7.51. The Kier molecular flexibility index (Phi) is 5.14. The molecule has 2 aromatic rings. The molecule has 27 heavy (non-hydrogen) atoms. The highest BCUT2D eigenvalue weighted by Gasteiger charge is 2.36. The van der Waals surface area contributed by atoms with Gasteiger partial charge in [0.15, 0.2) is 5.78 Å². The first-order chi connectivity index (χ1) is 12.9. The van der Waals surface area contributed by atoms with Crippen molar-refractivity contribution in [2.24, 2.45) is 4.99 Å². The van der Waals surface area contributed by atoms with Gasteiger partial charge in [-0.15, -0.1) is 0 Å². The standard InChI is InChI=1S/C20H18N2O5/c1-11(23)13-8-9-15-14(10-13)16(18(24)21-15)17(12-6-4-3-5-7-12)22-19(27-2)20(25)26/h3-10,16,19H,1-2H3,(H,21,24)(H,25,26). The minimum Gasteiger partial charge on any atom is -0.478 e. The SMILES string of the molecule is COC(N=C(c1ccccc1)C1C(=O)Nc2ccc(C(C)=O)cc21)C(=O)O. The highest BCUT2D eigenvalue weighted by molar-refractivity contribution is 6.24. The van der Waals surface area contributed by atoms with E-state index >= 15 is 0 Å². The van der Waals surface area contributed by atoms with E-state index in [4.69, 9.17) is 4.74 Å². The van der Waals surface area contributed by atoms with Crippen molar-refractivity contribution in [1.82, 2.24) is 0 Å². The molecule has 2 aromatic carbocycles. The van der Waals surface area contributed by atoms with Gasteiger partial charge < -0.3 is 15.2 Å². The maximum Gasteiger partial charge on any atom is 0.355 e. The fraction of sp³-hybridized carbons (Fsp3) is 0.200. The van der Waals surface area contributed by atoms with Crippen LogP contribution < -0.4 is 5.32 Å². The number of methoxy groups -OCH3 is 1. The zero-order chi connectivity index (χ0) is 19.6. The second-order valence-corrected chi connectivity index (χ2v) is 6.09. The van der Waals surface area contributed by atoms with Gasteiger partial charge in [-0.05, 0) is 36.2 Å². The van der Waals surface area contributed by atoms with E-state index in [1.807, 2.05) is 6.07 Å². The molecule has 2 unspecified atom stereocenters. The summed E-state index contributed by atoms with van der Waals surface area (Å²) in [5, 5.41) is 12.1. The molecule has 1 aliphatic heterocycles. The molecular weight excluding hydrogens is 348 g/mol. The number of nitrogens with one attached hydrogen (secondary N) is 1. The van der Waals surface area contributed by atoms with Crippen LogP contribution in [0.15, 0.2) is 53.5 Å². The Hall–Kier alpha value is -3.32. The number of hydrogen-bond acceptors (Lipinski definition) is 5. The summed E-state index contributed by atoms with van der Waals surface area (Å²) in [6.07, 6.45) is -1.45. The summed E-state index contributed by atoms with van der Waals surface area (Å²) in [5.74, 6) is -2.58. The lowest BCUT2D eigenvalue weighted by molar-refractivity contribution is -0.147. The Bertz CT molecular complexity index is 937. The van der Waals surface area contributed by atoms with E-state index in [9.17, 15) is 19.5 Å². The van der Waals surface area contributed by atoms with Gasteiger partial charge in [0, 0.05) is 18.4 Å². The van der Waals surface area contributed by atoms with Crippen LogP contribution in [-0.2, 0) is 14.3 Å². The summed E-state index contributed by atoms with van der Waals surface area (Å²) in [4.78, 5) is 40.1. The van der Waals surface area contributed by atoms with E-state index in [0.717, 1.165) is 0 Å². The number of carbonyl (C=O) groups excluding carboxylic acids is 2. The van der Waals surface area contributed by atoms with Crippen molar-refractivity contribution in [3.63, 3.8) is 0 Å². The molecule has 1 aliphatic rings. The number of aliphatic carboxylic acids is 1. The van der Waals surface area contributed by atoms with Crippen LogP contribution in [-0.4, -0.2) is 41.8 Å². The van der Waals surface area contributed by atoms with Crippen LogP contribution in [0, 0.1) is 0 Å². The normalized spacial score (nSPS) is 17.2. The molecule has 0 radical (unpaired) electrons. The molecule has 0 spiro atoms. The summed E-state index contributed by atoms with van der Waals surface area (Å²) in [6, 6.07) is 13.8. The largest absolute Gasteiger partial charge is 0.478 e. The Morgan fingerprint density at radius 1 is 1.15 bits per heavy atom. The molecule has 1 heterocycles. The number of Topliss-reactive ketones (excluding diaryl/α,β-unsaturated/α-hetero) is 1. The van der Waals surface area contributed by atoms with Gasteiger partial charge in [0.1, 0.15) is 5.92 Å². The molecule has 0 aliphatic carbocycles. The first kappa shape index (κ1) is 18.5. The lowest BCUT2D eigenvalue weighted by atomic mass is 9.89. The Morgan fingerprint density at radius 3 is 2.44 bits per heavy atom. The van der Waals surface area contributed by atoms with Gasteiger partial charge >= 0.3 is 5.97 Å². The molecule has 2 N–H and O–H groups in total. The van der Waals surface area contributed by atoms with Crippen molar-refractivity contribution < 1.29 is 24.2 Å². The number of rotatable bonds is 6. The van der Waals surface area contributed by atoms with Gasteiger partial charge in [0.2, 0.25) is 12.1 Å². The van der Waals surface area contributed by atoms with Crippen LogP contribution in [0.25, 0.3) is 0 Å². The number of ketones is 1. The molecule has 0 saturated heterocycles. The van der Waals surface area contributed by atoms with Gasteiger partial charge in [-0.3, -0.25) is 9.59 Å². The first-order valence-electron chi connectivity index (χ1n) is 8.27. The molecule has 0 saturated carbocycles. The zero-order valence-electron chi connectivity index (χ0n) is 14.8. The Balaban J connectivity index is 2.18. The van der Waals surface area contributed by atoms with Crippen LogP contribution in [0.2, 0.25) is 0 Å². The number of carbonyl (C=O) groups is 3. The molecule has 2 atom stereocenters. The lowest BCUT2D eigenvalue weighted by Crippen LogP contribution is -2.27. The molecule has 0 bridgehead atoms. The van der Waals surface area contributed by atoms with Gasteiger partial charge in [0.05, 0.1) is 5.71 Å². The summed E-state index contributed by atoms with van der Waals surface area (Å²) in [5.41, 5.74) is 2.48. The number of ether oxygens (including phenoxy) is 1. The molecule has 7 nitrogen and oxygen atoms in total. The third kappa shape index (κ3) is 3.63. The highest BCUT2D eigenvalue weighted by atomic mass is 16.5. The Labute approximate surface area is 155 Å². The smallest absolute Gasteiger partial charge is 0.355 e. The third-order valence-electron chi connectivity index (χ3n) is 4.32. The predicted molar refractivity (Wildman–Crippen MR) is 99.2 cm³/mol. The minimum absolute atomic E-state index is 0.130. The third-order valence-corrected chi connectivity index (χ3v) is 4.32. The maximum absolute atomic E-state index is 12.7. The van der Waals surface area contributed by atoms with Crippen molar-refractivity contribution in [2.75, 3.05) is 12.4 Å². The predicted octanol–water partition coefficient (Wildman–Crippen LogP) is 2.47. The van der Waals surface area contributed by atoms with E-state index < -0.39 is 18.1 Å². The van der Waals surface area contributed by atoms with Crippen LogP contribution >= 0.6 is 0 Å². The van der Waals surface area contributed by atoms with Crippen LogP contribution in [0.3, 0.4) is 0 Å². The van der Waals surface area contributed by atoms with Gasteiger partial charge in [-0.1, -0.05) is 30.3 Å². The topological polar surface area (TPSA) is 105 Å². The average molecular weight is 366 g/mol. The van der Waals surface area contributed by atoms with Crippen molar-refractivity contribution in [3.8, 4) is 0 Å². The second-order valence-electron chi connectivity index (χ2n) is 6.09. The van der Waals surface area contributed by atoms with Crippen LogP contribution in [0.5, 0.6) is 0 Å². The molecule has 0 fully saturated rings. The maximum atomic E-state index is 12.7. The number of carboxylic acid groups (broad SMARTS) is 1. The number of anilines is 1. The number of hydrogen-bond donors (Lipinski definition) is 2. The molecule has 7 heteroatoms. The van der Waals surface area contributed by atoms with Gasteiger partial charge in [-0.25, -0.2) is 9.79 Å². The van der Waals surface area contributed by atoms with Crippen LogP contribution in [0.1, 0.15) is 34.3 Å². The fourth-order valence-corrected chi connectivity index (χ4v) is 3.01. The van der Waals surface area contributed by atoms with E-state index in [2.05, 4.69) is 10.3 Å². The average Bonchev–Trinajstić information content (AvgIpc) is 2.98. The van der Waals surface area contributed by atoms with E-state index in [1.54, 1.807) is 42.5 Å².